The molecule has 0 aliphatic rings. The molecule has 0 saturated carbocycles. The first-order valence-electron chi connectivity index (χ1n) is 6.16. The fourth-order valence-electron chi connectivity index (χ4n) is 1.98. The van der Waals surface area contributed by atoms with E-state index in [0.29, 0.717) is 11.5 Å². The van der Waals surface area contributed by atoms with Gasteiger partial charge in [-0.15, -0.1) is 11.3 Å². The zero-order chi connectivity index (χ0) is 13.9. The molecule has 0 unspecified atom stereocenters. The number of carbonyl (C=O) groups is 1. The molecule has 3 aromatic rings. The summed E-state index contributed by atoms with van der Waals surface area (Å²) in [6, 6.07) is 17.4. The summed E-state index contributed by atoms with van der Waals surface area (Å²) in [5.41, 5.74) is 0. The summed E-state index contributed by atoms with van der Waals surface area (Å²) in [5, 5.41) is 11.2. The summed E-state index contributed by atoms with van der Waals surface area (Å²) in [6.07, 6.45) is 0. The van der Waals surface area contributed by atoms with Gasteiger partial charge in [-0.05, 0) is 35.0 Å². The Kier molecular flexibility index (Phi) is 3.39. The van der Waals surface area contributed by atoms with Gasteiger partial charge in [0.1, 0.15) is 17.2 Å². The third-order valence-corrected chi connectivity index (χ3v) is 4.02. The number of aromatic carboxylic acids is 1. The number of carboxylic acid groups (broad SMARTS) is 1. The number of hydrogen-bond acceptors (Lipinski definition) is 3. The molecule has 0 aliphatic carbocycles. The number of ether oxygens (including phenoxy) is 1. The number of thiophene rings is 1. The summed E-state index contributed by atoms with van der Waals surface area (Å²) >= 11 is 1.24. The Hall–Kier alpha value is -2.33. The molecule has 0 atom stereocenters. The molecule has 1 heterocycles. The van der Waals surface area contributed by atoms with Crippen molar-refractivity contribution >= 4 is 28.1 Å². The van der Waals surface area contributed by atoms with E-state index in [1.54, 1.807) is 12.1 Å². The van der Waals surface area contributed by atoms with Crippen molar-refractivity contribution in [1.29, 1.82) is 0 Å². The van der Waals surface area contributed by atoms with Gasteiger partial charge in [0.25, 0.3) is 0 Å². The van der Waals surface area contributed by atoms with Gasteiger partial charge in [-0.1, -0.05) is 30.3 Å². The van der Waals surface area contributed by atoms with Gasteiger partial charge in [0, 0.05) is 4.88 Å². The third kappa shape index (κ3) is 2.65. The van der Waals surface area contributed by atoms with Gasteiger partial charge in [0.2, 0.25) is 0 Å². The molecule has 0 radical (unpaired) electrons. The molecule has 3 nitrogen and oxygen atoms in total. The van der Waals surface area contributed by atoms with Crippen LogP contribution in [0.3, 0.4) is 0 Å². The molecule has 2 aromatic carbocycles. The predicted octanol–water partition coefficient (Wildman–Crippen LogP) is 4.18. The molecule has 100 valence electrons. The highest BCUT2D eigenvalue weighted by atomic mass is 32.1. The van der Waals surface area contributed by atoms with Crippen molar-refractivity contribution in [1.82, 2.24) is 0 Å². The molecule has 0 bridgehead atoms. The van der Waals surface area contributed by atoms with Crippen LogP contribution in [-0.4, -0.2) is 11.1 Å². The van der Waals surface area contributed by atoms with Crippen LogP contribution >= 0.6 is 11.3 Å². The van der Waals surface area contributed by atoms with Crippen molar-refractivity contribution in [3.63, 3.8) is 0 Å². The van der Waals surface area contributed by atoms with Crippen molar-refractivity contribution < 1.29 is 14.6 Å². The minimum absolute atomic E-state index is 0.335. The van der Waals surface area contributed by atoms with Crippen LogP contribution in [0.15, 0.2) is 54.6 Å². The van der Waals surface area contributed by atoms with Gasteiger partial charge < -0.3 is 9.84 Å². The maximum absolute atomic E-state index is 10.8. The largest absolute Gasteiger partial charge is 0.488 e. The predicted molar refractivity (Wildman–Crippen MR) is 79.6 cm³/mol. The van der Waals surface area contributed by atoms with E-state index in [9.17, 15) is 4.79 Å². The summed E-state index contributed by atoms with van der Waals surface area (Å²) in [6.45, 7) is 0.385. The minimum Gasteiger partial charge on any atom is -0.488 e. The Balaban J connectivity index is 1.74. The lowest BCUT2D eigenvalue weighted by Gasteiger charge is -2.06. The molecule has 4 heteroatoms. The highest BCUT2D eigenvalue weighted by Gasteiger charge is 2.07. The standard InChI is InChI=1S/C16H12O3S/c17-16(18)15-8-7-14(20-15)10-19-13-6-5-11-3-1-2-4-12(11)9-13/h1-9H,10H2,(H,17,18). The maximum atomic E-state index is 10.8. The molecular weight excluding hydrogens is 272 g/mol. The quantitative estimate of drug-likeness (QED) is 0.781. The van der Waals surface area contributed by atoms with Gasteiger partial charge in [0.15, 0.2) is 0 Å². The topological polar surface area (TPSA) is 46.5 Å². The van der Waals surface area contributed by atoms with Crippen LogP contribution in [0, 0.1) is 0 Å². The van der Waals surface area contributed by atoms with E-state index < -0.39 is 5.97 Å². The zero-order valence-electron chi connectivity index (χ0n) is 10.6. The van der Waals surface area contributed by atoms with Crippen molar-refractivity contribution in [2.45, 2.75) is 6.61 Å². The average Bonchev–Trinajstić information content (AvgIpc) is 2.94. The van der Waals surface area contributed by atoms with Gasteiger partial charge >= 0.3 is 5.97 Å². The zero-order valence-corrected chi connectivity index (χ0v) is 11.4. The van der Waals surface area contributed by atoms with E-state index >= 15 is 0 Å². The molecule has 0 aliphatic heterocycles. The molecule has 1 aromatic heterocycles. The highest BCUT2D eigenvalue weighted by Crippen LogP contribution is 2.23. The fourth-order valence-corrected chi connectivity index (χ4v) is 2.74. The number of carboxylic acids is 1. The summed E-state index contributed by atoms with van der Waals surface area (Å²) in [5.74, 6) is -0.110. The first-order chi connectivity index (χ1) is 9.72. The summed E-state index contributed by atoms with van der Waals surface area (Å²) in [4.78, 5) is 12.0. The molecular formula is C16H12O3S. The minimum atomic E-state index is -0.896. The summed E-state index contributed by atoms with van der Waals surface area (Å²) < 4.78 is 5.71. The Bertz CT molecular complexity index is 761. The normalized spacial score (nSPS) is 10.6. The number of hydrogen-bond donors (Lipinski definition) is 1. The molecule has 1 N–H and O–H groups in total. The van der Waals surface area contributed by atoms with Gasteiger partial charge in [-0.3, -0.25) is 0 Å². The first-order valence-corrected chi connectivity index (χ1v) is 6.97. The van der Waals surface area contributed by atoms with Crippen molar-refractivity contribution in [3.05, 3.63) is 64.4 Å². The average molecular weight is 284 g/mol. The molecule has 20 heavy (non-hydrogen) atoms. The second kappa shape index (κ2) is 5.35. The van der Waals surface area contributed by atoms with Crippen LogP contribution in [0.5, 0.6) is 5.75 Å². The molecule has 0 fully saturated rings. The second-order valence-corrected chi connectivity index (χ2v) is 5.54. The number of benzene rings is 2. The second-order valence-electron chi connectivity index (χ2n) is 4.37. The maximum Gasteiger partial charge on any atom is 0.345 e. The van der Waals surface area contributed by atoms with Crippen molar-refractivity contribution in [2.24, 2.45) is 0 Å². The van der Waals surface area contributed by atoms with Crippen LogP contribution in [0.4, 0.5) is 0 Å². The van der Waals surface area contributed by atoms with Gasteiger partial charge in [-0.25, -0.2) is 4.79 Å². The Morgan fingerprint density at radius 2 is 1.85 bits per heavy atom. The fraction of sp³-hybridized carbons (Fsp3) is 0.0625. The third-order valence-electron chi connectivity index (χ3n) is 2.97. The van der Waals surface area contributed by atoms with Crippen LogP contribution in [-0.2, 0) is 6.61 Å². The van der Waals surface area contributed by atoms with Gasteiger partial charge in [-0.2, -0.15) is 0 Å². The lowest BCUT2D eigenvalue weighted by molar-refractivity contribution is 0.0702. The molecule has 0 spiro atoms. The van der Waals surface area contributed by atoms with E-state index in [1.165, 1.54) is 16.7 Å². The molecule has 0 amide bonds. The smallest absolute Gasteiger partial charge is 0.345 e. The van der Waals surface area contributed by atoms with Crippen LogP contribution < -0.4 is 4.74 Å². The van der Waals surface area contributed by atoms with Gasteiger partial charge in [0.05, 0.1) is 0 Å². The van der Waals surface area contributed by atoms with E-state index in [-0.39, 0.29) is 0 Å². The lowest BCUT2D eigenvalue weighted by Crippen LogP contribution is -1.93. The molecule has 3 rings (SSSR count). The van der Waals surface area contributed by atoms with Crippen LogP contribution in [0.1, 0.15) is 14.5 Å². The highest BCUT2D eigenvalue weighted by molar-refractivity contribution is 7.13. The van der Waals surface area contributed by atoms with E-state index in [0.717, 1.165) is 16.0 Å². The Morgan fingerprint density at radius 1 is 1.05 bits per heavy atom. The van der Waals surface area contributed by atoms with Crippen molar-refractivity contribution in [3.8, 4) is 5.75 Å². The van der Waals surface area contributed by atoms with Crippen LogP contribution in [0.2, 0.25) is 0 Å². The van der Waals surface area contributed by atoms with Crippen LogP contribution in [0.25, 0.3) is 10.8 Å². The Morgan fingerprint density at radius 3 is 2.60 bits per heavy atom. The monoisotopic (exact) mass is 284 g/mol. The van der Waals surface area contributed by atoms with E-state index in [2.05, 4.69) is 6.07 Å². The Labute approximate surface area is 120 Å². The summed E-state index contributed by atoms with van der Waals surface area (Å²) in [7, 11) is 0. The van der Waals surface area contributed by atoms with E-state index in [1.807, 2.05) is 36.4 Å². The molecule has 0 saturated heterocycles. The number of fused-ring (bicyclic) bond motifs is 1. The van der Waals surface area contributed by atoms with Crippen molar-refractivity contribution in [2.75, 3.05) is 0 Å². The van der Waals surface area contributed by atoms with E-state index in [4.69, 9.17) is 9.84 Å². The number of rotatable bonds is 4. The SMILES string of the molecule is O=C(O)c1ccc(COc2ccc3ccccc3c2)s1. The first kappa shape index (κ1) is 12.7. The lowest BCUT2D eigenvalue weighted by atomic mass is 10.1.